The Kier molecular flexibility index (Phi) is 4.92. The highest BCUT2D eigenvalue weighted by Crippen LogP contribution is 2.36. The molecule has 0 aliphatic rings. The molecule has 1 aromatic rings. The summed E-state index contributed by atoms with van der Waals surface area (Å²) >= 11 is 0. The number of anilines is 1. The molecule has 5 nitrogen and oxygen atoms in total. The first-order valence-corrected chi connectivity index (χ1v) is 9.41. The summed E-state index contributed by atoms with van der Waals surface area (Å²) in [7, 11) is -1.73. The monoisotopic (exact) mass is 283 g/mol. The fourth-order valence-electron chi connectivity index (χ4n) is 1.14. The summed E-state index contributed by atoms with van der Waals surface area (Å²) in [6, 6.07) is 0.334. The molecule has 0 bridgehead atoms. The highest BCUT2D eigenvalue weighted by Gasteiger charge is 2.37. The van der Waals surface area contributed by atoms with Gasteiger partial charge in [0.1, 0.15) is 6.10 Å². The summed E-state index contributed by atoms with van der Waals surface area (Å²) < 4.78 is 11.7. The normalized spacial score (nSPS) is 14.2. The fourth-order valence-corrected chi connectivity index (χ4v) is 2.23. The van der Waals surface area contributed by atoms with Crippen molar-refractivity contribution in [3.05, 3.63) is 12.4 Å². The third kappa shape index (κ3) is 4.79. The first-order valence-electron chi connectivity index (χ1n) is 6.50. The molecular formula is C13H25N3O2Si. The van der Waals surface area contributed by atoms with Crippen LogP contribution >= 0.6 is 0 Å². The second-order valence-electron chi connectivity index (χ2n) is 6.30. The van der Waals surface area contributed by atoms with E-state index in [9.17, 15) is 0 Å². The van der Waals surface area contributed by atoms with Gasteiger partial charge in [0.05, 0.1) is 24.7 Å². The van der Waals surface area contributed by atoms with Crippen LogP contribution in [0.4, 0.5) is 5.69 Å². The average Bonchev–Trinajstić information content (AvgIpc) is 2.28. The van der Waals surface area contributed by atoms with Crippen LogP contribution in [0.1, 0.15) is 27.7 Å². The molecule has 1 heterocycles. The van der Waals surface area contributed by atoms with Crippen LogP contribution in [0.5, 0.6) is 6.01 Å². The van der Waals surface area contributed by atoms with Gasteiger partial charge in [-0.05, 0) is 25.1 Å². The maximum Gasteiger partial charge on any atom is 0.316 e. The maximum absolute atomic E-state index is 6.09. The molecule has 0 aliphatic carbocycles. The Morgan fingerprint density at radius 2 is 1.79 bits per heavy atom. The molecule has 0 aromatic carbocycles. The van der Waals surface area contributed by atoms with Crippen LogP contribution in [0.15, 0.2) is 12.4 Å². The number of nitrogen functional groups attached to an aromatic ring is 1. The van der Waals surface area contributed by atoms with Gasteiger partial charge in [-0.3, -0.25) is 0 Å². The molecule has 1 aromatic heterocycles. The zero-order valence-electron chi connectivity index (χ0n) is 12.7. The topological polar surface area (TPSA) is 70.3 Å². The van der Waals surface area contributed by atoms with Gasteiger partial charge >= 0.3 is 6.01 Å². The second kappa shape index (κ2) is 5.88. The summed E-state index contributed by atoms with van der Waals surface area (Å²) in [6.45, 7) is 13.6. The quantitative estimate of drug-likeness (QED) is 0.841. The van der Waals surface area contributed by atoms with Gasteiger partial charge in [0.2, 0.25) is 0 Å². The lowest BCUT2D eigenvalue weighted by Crippen LogP contribution is -2.43. The molecule has 19 heavy (non-hydrogen) atoms. The number of nitrogens with two attached hydrogens (primary N) is 1. The number of ether oxygens (including phenoxy) is 1. The molecule has 108 valence electrons. The third-order valence-corrected chi connectivity index (χ3v) is 7.94. The van der Waals surface area contributed by atoms with Crippen LogP contribution in [0.25, 0.3) is 0 Å². The van der Waals surface area contributed by atoms with Crippen molar-refractivity contribution in [1.82, 2.24) is 9.97 Å². The third-order valence-electron chi connectivity index (χ3n) is 3.44. The molecule has 0 unspecified atom stereocenters. The number of hydrogen-bond acceptors (Lipinski definition) is 5. The Hall–Kier alpha value is -1.14. The molecule has 2 N–H and O–H groups in total. The van der Waals surface area contributed by atoms with Crippen molar-refractivity contribution in [3.63, 3.8) is 0 Å². The van der Waals surface area contributed by atoms with Gasteiger partial charge in [-0.25, -0.2) is 9.97 Å². The van der Waals surface area contributed by atoms with Crippen molar-refractivity contribution in [3.8, 4) is 6.01 Å². The molecule has 0 fully saturated rings. The lowest BCUT2D eigenvalue weighted by molar-refractivity contribution is 0.124. The van der Waals surface area contributed by atoms with E-state index in [2.05, 4.69) is 43.8 Å². The van der Waals surface area contributed by atoms with Crippen LogP contribution in [-0.4, -0.2) is 31.0 Å². The number of hydrogen-bond donors (Lipinski definition) is 1. The summed E-state index contributed by atoms with van der Waals surface area (Å²) in [4.78, 5) is 8.02. The van der Waals surface area contributed by atoms with E-state index < -0.39 is 8.32 Å². The Morgan fingerprint density at radius 3 is 2.26 bits per heavy atom. The predicted molar refractivity (Wildman–Crippen MR) is 79.7 cm³/mol. The summed E-state index contributed by atoms with van der Waals surface area (Å²) in [5, 5.41) is 0.199. The zero-order valence-corrected chi connectivity index (χ0v) is 13.7. The number of rotatable bonds is 5. The molecule has 1 atom stereocenters. The van der Waals surface area contributed by atoms with Crippen molar-refractivity contribution in [1.29, 1.82) is 0 Å². The Balaban J connectivity index is 2.48. The lowest BCUT2D eigenvalue weighted by atomic mass is 10.2. The van der Waals surface area contributed by atoms with Gasteiger partial charge in [0, 0.05) is 0 Å². The average molecular weight is 283 g/mol. The van der Waals surface area contributed by atoms with E-state index in [1.54, 1.807) is 0 Å². The number of aromatic nitrogens is 2. The lowest BCUT2D eigenvalue weighted by Gasteiger charge is -2.36. The van der Waals surface area contributed by atoms with E-state index in [1.165, 1.54) is 12.4 Å². The minimum absolute atomic E-state index is 0.0854. The highest BCUT2D eigenvalue weighted by atomic mass is 28.4. The molecule has 1 rings (SSSR count). The van der Waals surface area contributed by atoms with Crippen LogP contribution in [0.2, 0.25) is 18.1 Å². The largest absolute Gasteiger partial charge is 0.458 e. The molecular weight excluding hydrogens is 258 g/mol. The SMILES string of the molecule is C[C@H](CO[Si](C)(C)C(C)(C)C)Oc1ncc(N)cn1. The molecule has 0 aliphatic heterocycles. The van der Waals surface area contributed by atoms with E-state index in [4.69, 9.17) is 14.9 Å². The van der Waals surface area contributed by atoms with Gasteiger partial charge in [-0.1, -0.05) is 20.8 Å². The standard InChI is InChI=1S/C13H25N3O2Si/c1-10(9-17-19(5,6)13(2,3)4)18-12-15-7-11(14)8-16-12/h7-8,10H,9,14H2,1-6H3/t10-/m1/s1. The van der Waals surface area contributed by atoms with Gasteiger partial charge in [0.25, 0.3) is 0 Å². The first-order chi connectivity index (χ1) is 8.62. The van der Waals surface area contributed by atoms with E-state index in [-0.39, 0.29) is 11.1 Å². The predicted octanol–water partition coefficient (Wildman–Crippen LogP) is 2.85. The molecule has 0 spiro atoms. The fraction of sp³-hybridized carbons (Fsp3) is 0.692. The molecule has 6 heteroatoms. The molecule has 0 radical (unpaired) electrons. The van der Waals surface area contributed by atoms with Crippen LogP contribution < -0.4 is 10.5 Å². The summed E-state index contributed by atoms with van der Waals surface area (Å²) in [5.74, 6) is 0. The van der Waals surface area contributed by atoms with Crippen LogP contribution in [0, 0.1) is 0 Å². The minimum Gasteiger partial charge on any atom is -0.458 e. The first kappa shape index (κ1) is 15.9. The maximum atomic E-state index is 6.09. The Bertz CT molecular complexity index is 401. The van der Waals surface area contributed by atoms with Crippen LogP contribution in [0.3, 0.4) is 0 Å². The number of nitrogens with zero attached hydrogens (tertiary/aromatic N) is 2. The van der Waals surface area contributed by atoms with Crippen molar-refractivity contribution in [2.24, 2.45) is 0 Å². The zero-order chi connectivity index (χ0) is 14.7. The Morgan fingerprint density at radius 1 is 1.26 bits per heavy atom. The van der Waals surface area contributed by atoms with Gasteiger partial charge in [0.15, 0.2) is 8.32 Å². The van der Waals surface area contributed by atoms with E-state index in [0.717, 1.165) is 0 Å². The molecule has 0 saturated carbocycles. The van der Waals surface area contributed by atoms with Gasteiger partial charge in [-0.15, -0.1) is 0 Å². The van der Waals surface area contributed by atoms with Crippen molar-refractivity contribution in [2.75, 3.05) is 12.3 Å². The van der Waals surface area contributed by atoms with Crippen molar-refractivity contribution in [2.45, 2.75) is 51.9 Å². The Labute approximate surface area is 116 Å². The summed E-state index contributed by atoms with van der Waals surface area (Å²) in [6.07, 6.45) is 2.98. The highest BCUT2D eigenvalue weighted by molar-refractivity contribution is 6.74. The van der Waals surface area contributed by atoms with Gasteiger partial charge in [-0.2, -0.15) is 0 Å². The smallest absolute Gasteiger partial charge is 0.316 e. The molecule has 0 saturated heterocycles. The minimum atomic E-state index is -1.73. The molecule has 0 amide bonds. The second-order valence-corrected chi connectivity index (χ2v) is 11.1. The van der Waals surface area contributed by atoms with E-state index in [1.807, 2.05) is 6.92 Å². The van der Waals surface area contributed by atoms with Gasteiger partial charge < -0.3 is 14.9 Å². The van der Waals surface area contributed by atoms with E-state index >= 15 is 0 Å². The van der Waals surface area contributed by atoms with Crippen molar-refractivity contribution < 1.29 is 9.16 Å². The van der Waals surface area contributed by atoms with Crippen molar-refractivity contribution >= 4 is 14.0 Å². The summed E-state index contributed by atoms with van der Waals surface area (Å²) in [5.41, 5.74) is 6.05. The van der Waals surface area contributed by atoms with Crippen LogP contribution in [-0.2, 0) is 4.43 Å². The van der Waals surface area contributed by atoms with E-state index in [0.29, 0.717) is 18.3 Å².